The van der Waals surface area contributed by atoms with Crippen LogP contribution in [0.1, 0.15) is 19.8 Å². The summed E-state index contributed by atoms with van der Waals surface area (Å²) in [5.74, 6) is 0.860. The minimum Gasteiger partial charge on any atom is -0.342 e. The first-order valence-corrected chi connectivity index (χ1v) is 8.87. The Bertz CT molecular complexity index is 787. The molecule has 1 aromatic carbocycles. The molecule has 1 aliphatic heterocycles. The Morgan fingerprint density at radius 2 is 2.08 bits per heavy atom. The number of methoxy groups -OCH3 is 1. The largest absolute Gasteiger partial charge is 0.342 e. The summed E-state index contributed by atoms with van der Waals surface area (Å²) in [6.45, 7) is 5.79. The lowest BCUT2D eigenvalue weighted by Crippen LogP contribution is -2.43. The molecule has 134 valence electrons. The van der Waals surface area contributed by atoms with Crippen molar-refractivity contribution in [1.29, 1.82) is 0 Å². The lowest BCUT2D eigenvalue weighted by molar-refractivity contribution is 0.0343. The second-order valence-corrected chi connectivity index (χ2v) is 5.98. The highest BCUT2D eigenvalue weighted by Gasteiger charge is 2.37. The molecule has 0 amide bonds. The van der Waals surface area contributed by atoms with E-state index in [2.05, 4.69) is 35.8 Å². The van der Waals surface area contributed by atoms with Crippen LogP contribution in [-0.4, -0.2) is 24.2 Å². The summed E-state index contributed by atoms with van der Waals surface area (Å²) < 4.78 is 5.86. The molecule has 1 aliphatic carbocycles. The predicted molar refractivity (Wildman–Crippen MR) is 109 cm³/mol. The zero-order valence-electron chi connectivity index (χ0n) is 15.4. The maximum atomic E-state index is 5.86. The van der Waals surface area contributed by atoms with Crippen LogP contribution in [0.3, 0.4) is 0 Å². The van der Waals surface area contributed by atoms with Gasteiger partial charge < -0.3 is 4.74 Å². The van der Waals surface area contributed by atoms with Gasteiger partial charge in [-0.25, -0.2) is 5.01 Å². The molecule has 0 fully saturated rings. The third-order valence-corrected chi connectivity index (χ3v) is 4.33. The topological polar surface area (TPSA) is 28.1 Å². The molecular weight excluding hydrogens is 322 g/mol. The summed E-state index contributed by atoms with van der Waals surface area (Å²) in [6.07, 6.45) is 16.1. The van der Waals surface area contributed by atoms with E-state index in [0.29, 0.717) is 0 Å². The summed E-state index contributed by atoms with van der Waals surface area (Å²) in [5, 5.41) is 6.83. The molecule has 0 N–H and O–H groups in total. The maximum Gasteiger partial charge on any atom is 0.235 e. The van der Waals surface area contributed by atoms with Crippen molar-refractivity contribution in [1.82, 2.24) is 4.90 Å². The molecule has 0 radical (unpaired) electrons. The van der Waals surface area contributed by atoms with Crippen molar-refractivity contribution < 1.29 is 4.74 Å². The second kappa shape index (κ2) is 8.50. The van der Waals surface area contributed by atoms with Gasteiger partial charge in [-0.1, -0.05) is 61.2 Å². The highest BCUT2D eigenvalue weighted by Crippen LogP contribution is 2.32. The molecule has 0 saturated heterocycles. The molecule has 0 bridgehead atoms. The summed E-state index contributed by atoms with van der Waals surface area (Å²) in [6, 6.07) is 10.1. The molecule has 1 aromatic rings. The van der Waals surface area contributed by atoms with Crippen LogP contribution in [0.4, 0.5) is 5.69 Å². The standard InChI is InChI=1S/C22H25N3O/c1-4-6-13-18(5-2)21-23-25(20-16-11-8-12-17-20)22(26-3)24(21)19-14-9-7-10-15-19/h4-6,8-9,11-17,22H,1,7,10H2,2-3H3/b13-6-,18-5+. The fraction of sp³-hybridized carbons (Fsp3) is 0.227. The monoisotopic (exact) mass is 347 g/mol. The molecule has 1 atom stereocenters. The first-order valence-electron chi connectivity index (χ1n) is 8.87. The molecule has 4 nitrogen and oxygen atoms in total. The second-order valence-electron chi connectivity index (χ2n) is 5.98. The summed E-state index contributed by atoms with van der Waals surface area (Å²) in [7, 11) is 1.72. The molecule has 2 aliphatic rings. The Labute approximate surface area is 155 Å². The zero-order valence-corrected chi connectivity index (χ0v) is 15.4. The van der Waals surface area contributed by atoms with E-state index in [1.54, 1.807) is 13.2 Å². The number of allylic oxidation sites excluding steroid dienone is 6. The average molecular weight is 347 g/mol. The lowest BCUT2D eigenvalue weighted by Gasteiger charge is -2.32. The van der Waals surface area contributed by atoms with Crippen LogP contribution in [0.15, 0.2) is 95.8 Å². The maximum absolute atomic E-state index is 5.86. The van der Waals surface area contributed by atoms with Crippen molar-refractivity contribution in [3.63, 3.8) is 0 Å². The van der Waals surface area contributed by atoms with E-state index >= 15 is 0 Å². The number of hydrogen-bond acceptors (Lipinski definition) is 4. The highest BCUT2D eigenvalue weighted by atomic mass is 16.5. The number of nitrogens with zero attached hydrogens (tertiary/aromatic N) is 3. The molecule has 0 saturated carbocycles. The lowest BCUT2D eigenvalue weighted by atomic mass is 10.1. The SMILES string of the molecule is C=C/C=C\C(=C/C)C1=NN(c2ccccc2)C(OC)N1C1=CCCC=C1. The van der Waals surface area contributed by atoms with Crippen LogP contribution in [0.2, 0.25) is 0 Å². The van der Waals surface area contributed by atoms with Gasteiger partial charge in [0.25, 0.3) is 0 Å². The average Bonchev–Trinajstić information content (AvgIpc) is 3.09. The fourth-order valence-electron chi connectivity index (χ4n) is 3.08. The Morgan fingerprint density at radius 1 is 1.27 bits per heavy atom. The third-order valence-electron chi connectivity index (χ3n) is 4.33. The molecular formula is C22H25N3O. The fourth-order valence-corrected chi connectivity index (χ4v) is 3.08. The van der Waals surface area contributed by atoms with Gasteiger partial charge in [0.05, 0.1) is 5.69 Å². The number of hydrazone groups is 1. The Kier molecular flexibility index (Phi) is 5.87. The summed E-state index contributed by atoms with van der Waals surface area (Å²) in [5.41, 5.74) is 3.11. The molecule has 26 heavy (non-hydrogen) atoms. The van der Waals surface area contributed by atoms with Gasteiger partial charge in [0, 0.05) is 18.4 Å². The zero-order chi connectivity index (χ0) is 18.4. The van der Waals surface area contributed by atoms with Crippen molar-refractivity contribution in [3.05, 3.63) is 90.7 Å². The van der Waals surface area contributed by atoms with Crippen molar-refractivity contribution in [2.24, 2.45) is 5.10 Å². The number of rotatable bonds is 6. The van der Waals surface area contributed by atoms with Gasteiger partial charge in [0.2, 0.25) is 6.35 Å². The van der Waals surface area contributed by atoms with E-state index in [4.69, 9.17) is 9.84 Å². The van der Waals surface area contributed by atoms with Crippen LogP contribution >= 0.6 is 0 Å². The first-order chi connectivity index (χ1) is 12.8. The van der Waals surface area contributed by atoms with Crippen LogP contribution in [0.25, 0.3) is 0 Å². The normalized spacial score (nSPS) is 20.5. The van der Waals surface area contributed by atoms with Crippen molar-refractivity contribution in [2.75, 3.05) is 12.1 Å². The number of hydrogen-bond donors (Lipinski definition) is 0. The Morgan fingerprint density at radius 3 is 2.69 bits per heavy atom. The minimum absolute atomic E-state index is 0.339. The van der Waals surface area contributed by atoms with E-state index in [1.807, 2.05) is 54.4 Å². The highest BCUT2D eigenvalue weighted by molar-refractivity contribution is 6.04. The quantitative estimate of drug-likeness (QED) is 0.680. The van der Waals surface area contributed by atoms with Crippen LogP contribution in [-0.2, 0) is 4.74 Å². The van der Waals surface area contributed by atoms with Gasteiger partial charge in [-0.15, -0.1) is 5.10 Å². The molecule has 0 aromatic heterocycles. The summed E-state index contributed by atoms with van der Waals surface area (Å²) >= 11 is 0. The molecule has 1 unspecified atom stereocenters. The molecule has 1 heterocycles. The number of para-hydroxylation sites is 1. The van der Waals surface area contributed by atoms with Crippen molar-refractivity contribution >= 4 is 11.5 Å². The van der Waals surface area contributed by atoms with Crippen LogP contribution < -0.4 is 5.01 Å². The number of benzene rings is 1. The predicted octanol–water partition coefficient (Wildman–Crippen LogP) is 4.97. The Hall–Kier alpha value is -2.85. The summed E-state index contributed by atoms with van der Waals surface area (Å²) in [4.78, 5) is 2.14. The minimum atomic E-state index is -0.339. The first kappa shape index (κ1) is 18.0. The van der Waals surface area contributed by atoms with Gasteiger partial charge in [-0.3, -0.25) is 4.90 Å². The van der Waals surface area contributed by atoms with Gasteiger partial charge in [0.15, 0.2) is 5.84 Å². The number of ether oxygens (including phenoxy) is 1. The molecule has 4 heteroatoms. The number of amidine groups is 1. The van der Waals surface area contributed by atoms with Gasteiger partial charge in [-0.2, -0.15) is 0 Å². The van der Waals surface area contributed by atoms with Crippen LogP contribution in [0.5, 0.6) is 0 Å². The van der Waals surface area contributed by atoms with Gasteiger partial charge in [-0.05, 0) is 38.0 Å². The molecule has 3 rings (SSSR count). The van der Waals surface area contributed by atoms with E-state index in [-0.39, 0.29) is 6.35 Å². The van der Waals surface area contributed by atoms with E-state index in [1.165, 1.54) is 0 Å². The molecule has 0 spiro atoms. The number of anilines is 1. The van der Waals surface area contributed by atoms with Crippen molar-refractivity contribution in [3.8, 4) is 0 Å². The third kappa shape index (κ3) is 3.55. The van der Waals surface area contributed by atoms with E-state index in [0.717, 1.165) is 35.6 Å². The van der Waals surface area contributed by atoms with E-state index in [9.17, 15) is 0 Å². The van der Waals surface area contributed by atoms with Crippen LogP contribution in [0, 0.1) is 0 Å². The Balaban J connectivity index is 2.08. The van der Waals surface area contributed by atoms with Gasteiger partial charge >= 0.3 is 0 Å². The smallest absolute Gasteiger partial charge is 0.235 e. The van der Waals surface area contributed by atoms with Gasteiger partial charge in [0.1, 0.15) is 0 Å². The van der Waals surface area contributed by atoms with E-state index < -0.39 is 0 Å². The van der Waals surface area contributed by atoms with Crippen molar-refractivity contribution in [2.45, 2.75) is 26.1 Å².